The Hall–Kier alpha value is 0.180. The third-order valence-corrected chi connectivity index (χ3v) is 3.43. The van der Waals surface area contributed by atoms with Crippen LogP contribution < -0.4 is 0 Å². The molecule has 10 heavy (non-hydrogen) atoms. The Morgan fingerprint density at radius 3 is 2.10 bits per heavy atom. The standard InChI is InChI=1S/C5H10ClO3P/c1-5(4-6)10(7,8-2)9-3/h1,4H2,2-3H3. The summed E-state index contributed by atoms with van der Waals surface area (Å²) in [7, 11) is -0.511. The maximum atomic E-state index is 11.3. The first kappa shape index (κ1) is 10.2. The van der Waals surface area contributed by atoms with Crippen molar-refractivity contribution >= 4 is 19.2 Å². The molecule has 0 spiro atoms. The van der Waals surface area contributed by atoms with Crippen molar-refractivity contribution in [3.05, 3.63) is 11.9 Å². The van der Waals surface area contributed by atoms with Gasteiger partial charge in [-0.2, -0.15) is 0 Å². The van der Waals surface area contributed by atoms with Crippen molar-refractivity contribution in [3.63, 3.8) is 0 Å². The Balaban J connectivity index is 4.34. The fourth-order valence-corrected chi connectivity index (χ4v) is 1.66. The molecule has 5 heteroatoms. The van der Waals surface area contributed by atoms with Gasteiger partial charge in [-0.1, -0.05) is 6.58 Å². The van der Waals surface area contributed by atoms with Gasteiger partial charge in [0.25, 0.3) is 0 Å². The van der Waals surface area contributed by atoms with Gasteiger partial charge in [0, 0.05) is 19.5 Å². The molecule has 0 bridgehead atoms. The predicted octanol–water partition coefficient (Wildman–Crippen LogP) is 2.22. The first-order valence-corrected chi connectivity index (χ1v) is 4.64. The summed E-state index contributed by atoms with van der Waals surface area (Å²) < 4.78 is 20.4. The van der Waals surface area contributed by atoms with Crippen LogP contribution in [-0.2, 0) is 13.6 Å². The van der Waals surface area contributed by atoms with Crippen molar-refractivity contribution in [2.24, 2.45) is 0 Å². The van der Waals surface area contributed by atoms with Crippen molar-refractivity contribution in [3.8, 4) is 0 Å². The Morgan fingerprint density at radius 2 is 2.00 bits per heavy atom. The SMILES string of the molecule is C=C(CCl)P(=O)(OC)OC. The van der Waals surface area contributed by atoms with Crippen LogP contribution in [0, 0.1) is 0 Å². The Kier molecular flexibility index (Phi) is 4.22. The van der Waals surface area contributed by atoms with Crippen molar-refractivity contribution in [1.82, 2.24) is 0 Å². The second kappa shape index (κ2) is 4.14. The van der Waals surface area contributed by atoms with Gasteiger partial charge in [0.2, 0.25) is 0 Å². The summed E-state index contributed by atoms with van der Waals surface area (Å²) in [4.78, 5) is 0. The normalized spacial score (nSPS) is 11.5. The average Bonchev–Trinajstić information content (AvgIpc) is 2.01. The maximum Gasteiger partial charge on any atom is 0.357 e. The van der Waals surface area contributed by atoms with Gasteiger partial charge in [-0.3, -0.25) is 4.57 Å². The molecule has 3 nitrogen and oxygen atoms in total. The van der Waals surface area contributed by atoms with Crippen LogP contribution in [0.3, 0.4) is 0 Å². The fraction of sp³-hybridized carbons (Fsp3) is 0.600. The molecule has 0 atom stereocenters. The van der Waals surface area contributed by atoms with Crippen molar-refractivity contribution in [1.29, 1.82) is 0 Å². The lowest BCUT2D eigenvalue weighted by Gasteiger charge is -2.13. The summed E-state index contributed by atoms with van der Waals surface area (Å²) in [6.07, 6.45) is 0. The molecule has 0 heterocycles. The van der Waals surface area contributed by atoms with E-state index in [0.717, 1.165) is 0 Å². The van der Waals surface area contributed by atoms with Gasteiger partial charge in [0.05, 0.1) is 5.88 Å². The molecule has 0 aliphatic rings. The molecule has 0 saturated carbocycles. The highest BCUT2D eigenvalue weighted by Crippen LogP contribution is 2.53. The minimum absolute atomic E-state index is 0.0823. The van der Waals surface area contributed by atoms with E-state index >= 15 is 0 Å². The monoisotopic (exact) mass is 184 g/mol. The van der Waals surface area contributed by atoms with Crippen molar-refractivity contribution in [2.45, 2.75) is 0 Å². The second-order valence-corrected chi connectivity index (χ2v) is 4.19. The summed E-state index contributed by atoms with van der Waals surface area (Å²) in [5, 5.41) is 0.277. The molecule has 0 aliphatic heterocycles. The molecular weight excluding hydrogens is 174 g/mol. The highest BCUT2D eigenvalue weighted by Gasteiger charge is 2.24. The molecule has 0 unspecified atom stereocenters. The quantitative estimate of drug-likeness (QED) is 0.497. The van der Waals surface area contributed by atoms with E-state index in [0.29, 0.717) is 0 Å². The zero-order valence-electron chi connectivity index (χ0n) is 5.96. The number of hydrogen-bond donors (Lipinski definition) is 0. The van der Waals surface area contributed by atoms with Crippen LogP contribution in [0.5, 0.6) is 0 Å². The number of halogens is 1. The van der Waals surface area contributed by atoms with Crippen LogP contribution in [0.1, 0.15) is 0 Å². The van der Waals surface area contributed by atoms with Crippen LogP contribution in [0.2, 0.25) is 0 Å². The lowest BCUT2D eigenvalue weighted by atomic mass is 10.7. The van der Waals surface area contributed by atoms with E-state index < -0.39 is 7.60 Å². The smallest absolute Gasteiger partial charge is 0.309 e. The molecule has 0 N–H and O–H groups in total. The largest absolute Gasteiger partial charge is 0.357 e. The van der Waals surface area contributed by atoms with E-state index in [1.807, 2.05) is 0 Å². The van der Waals surface area contributed by atoms with Crippen LogP contribution in [0.25, 0.3) is 0 Å². The molecular formula is C5H10ClO3P. The van der Waals surface area contributed by atoms with E-state index in [1.165, 1.54) is 14.2 Å². The summed E-state index contributed by atoms with van der Waals surface area (Å²) in [6.45, 7) is 3.44. The highest BCUT2D eigenvalue weighted by atomic mass is 35.5. The van der Waals surface area contributed by atoms with Gasteiger partial charge in [0.1, 0.15) is 0 Å². The topological polar surface area (TPSA) is 35.5 Å². The second-order valence-electron chi connectivity index (χ2n) is 1.56. The summed E-state index contributed by atoms with van der Waals surface area (Å²) in [6, 6.07) is 0. The van der Waals surface area contributed by atoms with Gasteiger partial charge >= 0.3 is 7.60 Å². The molecule has 0 aliphatic carbocycles. The van der Waals surface area contributed by atoms with Gasteiger partial charge < -0.3 is 9.05 Å². The number of rotatable bonds is 4. The first-order valence-electron chi connectivity index (χ1n) is 2.56. The molecule has 0 aromatic rings. The van der Waals surface area contributed by atoms with Crippen molar-refractivity contribution in [2.75, 3.05) is 20.1 Å². The lowest BCUT2D eigenvalue weighted by Crippen LogP contribution is -1.92. The van der Waals surface area contributed by atoms with Gasteiger partial charge in [-0.15, -0.1) is 11.6 Å². The Morgan fingerprint density at radius 1 is 1.60 bits per heavy atom. The maximum absolute atomic E-state index is 11.3. The van der Waals surface area contributed by atoms with Crippen molar-refractivity contribution < 1.29 is 13.6 Å². The molecule has 0 radical (unpaired) electrons. The van der Waals surface area contributed by atoms with Crippen LogP contribution in [0.15, 0.2) is 11.9 Å². The Labute approximate surface area is 65.5 Å². The molecule has 60 valence electrons. The van der Waals surface area contributed by atoms with E-state index in [9.17, 15) is 4.57 Å². The minimum atomic E-state index is -3.10. The molecule has 0 aromatic heterocycles. The van der Waals surface area contributed by atoms with E-state index in [1.54, 1.807) is 0 Å². The first-order chi connectivity index (χ1) is 4.60. The number of hydrogen-bond acceptors (Lipinski definition) is 3. The third-order valence-electron chi connectivity index (χ3n) is 1.02. The van der Waals surface area contributed by atoms with Gasteiger partial charge in [-0.05, 0) is 0 Å². The summed E-state index contributed by atoms with van der Waals surface area (Å²) in [5.41, 5.74) is 0. The predicted molar refractivity (Wildman–Crippen MR) is 41.5 cm³/mol. The lowest BCUT2D eigenvalue weighted by molar-refractivity contribution is 0.283. The Bertz CT molecular complexity index is 160. The zero-order chi connectivity index (χ0) is 8.20. The molecule has 0 amide bonds. The molecule has 0 saturated heterocycles. The minimum Gasteiger partial charge on any atom is -0.309 e. The van der Waals surface area contributed by atoms with Crippen LogP contribution >= 0.6 is 19.2 Å². The number of alkyl halides is 1. The highest BCUT2D eigenvalue weighted by molar-refractivity contribution is 7.58. The third kappa shape index (κ3) is 2.10. The van der Waals surface area contributed by atoms with E-state index in [-0.39, 0.29) is 11.2 Å². The summed E-state index contributed by atoms with van der Waals surface area (Å²) >= 11 is 5.36. The van der Waals surface area contributed by atoms with Crippen LogP contribution in [-0.4, -0.2) is 20.1 Å². The zero-order valence-corrected chi connectivity index (χ0v) is 7.61. The van der Waals surface area contributed by atoms with Gasteiger partial charge in [-0.25, -0.2) is 0 Å². The molecule has 0 aromatic carbocycles. The summed E-state index contributed by atoms with van der Waals surface area (Å²) in [5.74, 6) is 0.0823. The fourth-order valence-electron chi connectivity index (χ4n) is 0.406. The molecule has 0 rings (SSSR count). The van der Waals surface area contributed by atoms with Crippen LogP contribution in [0.4, 0.5) is 0 Å². The number of allylic oxidation sites excluding steroid dienone is 1. The molecule has 0 fully saturated rings. The average molecular weight is 185 g/mol. The van der Waals surface area contributed by atoms with Gasteiger partial charge in [0.15, 0.2) is 0 Å². The van der Waals surface area contributed by atoms with E-state index in [2.05, 4.69) is 15.6 Å². The van der Waals surface area contributed by atoms with E-state index in [4.69, 9.17) is 11.6 Å².